The lowest BCUT2D eigenvalue weighted by Crippen LogP contribution is -2.53. The molecule has 0 radical (unpaired) electrons. The third-order valence-electron chi connectivity index (χ3n) is 3.07. The molecule has 3 nitrogen and oxygen atoms in total. The molecular weight excluding hydrogens is 164 g/mol. The molecule has 2 fully saturated rings. The Hall–Kier alpha value is -0.570. The molecule has 0 bridgehead atoms. The van der Waals surface area contributed by atoms with Crippen molar-refractivity contribution in [3.8, 4) is 0 Å². The van der Waals surface area contributed by atoms with Crippen LogP contribution in [0.5, 0.6) is 0 Å². The minimum Gasteiger partial charge on any atom is -0.355 e. The first kappa shape index (κ1) is 9.00. The highest BCUT2D eigenvalue weighted by Gasteiger charge is 2.30. The molecule has 1 heterocycles. The molecule has 1 amide bonds. The van der Waals surface area contributed by atoms with Crippen molar-refractivity contribution in [3.63, 3.8) is 0 Å². The molecule has 74 valence electrons. The van der Waals surface area contributed by atoms with E-state index in [-0.39, 0.29) is 11.9 Å². The summed E-state index contributed by atoms with van der Waals surface area (Å²) >= 11 is 0. The van der Waals surface area contributed by atoms with E-state index in [9.17, 15) is 4.79 Å². The maximum atomic E-state index is 11.5. The normalized spacial score (nSPS) is 34.4. The van der Waals surface area contributed by atoms with Gasteiger partial charge in [0, 0.05) is 6.54 Å². The summed E-state index contributed by atoms with van der Waals surface area (Å²) < 4.78 is 0. The second-order valence-corrected chi connectivity index (χ2v) is 4.39. The Balaban J connectivity index is 1.81. The van der Waals surface area contributed by atoms with E-state index in [4.69, 9.17) is 0 Å². The van der Waals surface area contributed by atoms with Gasteiger partial charge in [0.15, 0.2) is 0 Å². The molecule has 0 aromatic carbocycles. The van der Waals surface area contributed by atoms with Crippen LogP contribution in [0, 0.1) is 11.8 Å². The van der Waals surface area contributed by atoms with Crippen LogP contribution in [-0.4, -0.2) is 25.0 Å². The molecule has 0 aromatic heterocycles. The van der Waals surface area contributed by atoms with E-state index in [1.54, 1.807) is 0 Å². The van der Waals surface area contributed by atoms with Crippen molar-refractivity contribution in [2.45, 2.75) is 32.2 Å². The van der Waals surface area contributed by atoms with E-state index in [1.807, 2.05) is 0 Å². The smallest absolute Gasteiger partial charge is 0.237 e. The van der Waals surface area contributed by atoms with Gasteiger partial charge in [-0.3, -0.25) is 4.79 Å². The van der Waals surface area contributed by atoms with Crippen LogP contribution in [0.1, 0.15) is 26.2 Å². The van der Waals surface area contributed by atoms with Crippen molar-refractivity contribution in [2.75, 3.05) is 13.1 Å². The summed E-state index contributed by atoms with van der Waals surface area (Å²) in [4.78, 5) is 11.5. The molecule has 0 aromatic rings. The van der Waals surface area contributed by atoms with E-state index < -0.39 is 0 Å². The Labute approximate surface area is 79.3 Å². The van der Waals surface area contributed by atoms with Crippen LogP contribution in [0.4, 0.5) is 0 Å². The molecule has 13 heavy (non-hydrogen) atoms. The topological polar surface area (TPSA) is 41.1 Å². The van der Waals surface area contributed by atoms with Gasteiger partial charge in [-0.2, -0.15) is 0 Å². The van der Waals surface area contributed by atoms with E-state index in [0.717, 1.165) is 25.4 Å². The lowest BCUT2D eigenvalue weighted by Gasteiger charge is -2.29. The fourth-order valence-corrected chi connectivity index (χ4v) is 1.87. The zero-order valence-corrected chi connectivity index (χ0v) is 8.18. The third-order valence-corrected chi connectivity index (χ3v) is 3.07. The first-order valence-electron chi connectivity index (χ1n) is 5.28. The lowest BCUT2D eigenvalue weighted by molar-refractivity contribution is -0.126. The molecule has 3 heteroatoms. The number of amides is 1. The average molecular weight is 182 g/mol. The Morgan fingerprint density at radius 2 is 2.23 bits per heavy atom. The maximum Gasteiger partial charge on any atom is 0.237 e. The molecule has 1 saturated heterocycles. The van der Waals surface area contributed by atoms with E-state index in [2.05, 4.69) is 17.6 Å². The predicted octanol–water partition coefficient (Wildman–Crippen LogP) is 0.511. The van der Waals surface area contributed by atoms with Gasteiger partial charge in [-0.1, -0.05) is 6.92 Å². The standard InChI is InChI=1S/C10H18N2O/c1-7-4-5-11-10(13)9(7)12-6-8-2-3-8/h7-9,12H,2-6H2,1H3,(H,11,13). The van der Waals surface area contributed by atoms with Gasteiger partial charge in [0.2, 0.25) is 5.91 Å². The summed E-state index contributed by atoms with van der Waals surface area (Å²) in [5, 5.41) is 6.28. The summed E-state index contributed by atoms with van der Waals surface area (Å²) in [6.45, 7) is 4.04. The zero-order chi connectivity index (χ0) is 9.26. The second-order valence-electron chi connectivity index (χ2n) is 4.39. The predicted molar refractivity (Wildman–Crippen MR) is 51.3 cm³/mol. The molecule has 1 aliphatic heterocycles. The molecule has 2 atom stereocenters. The van der Waals surface area contributed by atoms with Gasteiger partial charge in [-0.05, 0) is 37.6 Å². The number of hydrogen-bond donors (Lipinski definition) is 2. The summed E-state index contributed by atoms with van der Waals surface area (Å²) in [6.07, 6.45) is 3.79. The van der Waals surface area contributed by atoms with Crippen LogP contribution in [0.15, 0.2) is 0 Å². The third kappa shape index (κ3) is 2.21. The summed E-state index contributed by atoms with van der Waals surface area (Å²) in [5.41, 5.74) is 0. The minimum absolute atomic E-state index is 0.0642. The van der Waals surface area contributed by atoms with E-state index in [0.29, 0.717) is 5.92 Å². The van der Waals surface area contributed by atoms with Crippen LogP contribution >= 0.6 is 0 Å². The number of piperidine rings is 1. The molecule has 2 unspecified atom stereocenters. The SMILES string of the molecule is CC1CCNC(=O)C1NCC1CC1. The van der Waals surface area contributed by atoms with Crippen molar-refractivity contribution in [1.29, 1.82) is 0 Å². The van der Waals surface area contributed by atoms with Gasteiger partial charge in [-0.25, -0.2) is 0 Å². The Bertz CT molecular complexity index is 201. The quantitative estimate of drug-likeness (QED) is 0.667. The molecule has 1 aliphatic carbocycles. The van der Waals surface area contributed by atoms with Crippen molar-refractivity contribution in [1.82, 2.24) is 10.6 Å². The molecule has 2 aliphatic rings. The van der Waals surface area contributed by atoms with Crippen molar-refractivity contribution in [3.05, 3.63) is 0 Å². The number of nitrogens with one attached hydrogen (secondary N) is 2. The average Bonchev–Trinajstić information content (AvgIpc) is 2.87. The summed E-state index contributed by atoms with van der Waals surface area (Å²) in [6, 6.07) is 0.0642. The second kappa shape index (κ2) is 3.66. The van der Waals surface area contributed by atoms with Crippen molar-refractivity contribution < 1.29 is 4.79 Å². The van der Waals surface area contributed by atoms with Gasteiger partial charge in [0.1, 0.15) is 0 Å². The van der Waals surface area contributed by atoms with Crippen molar-refractivity contribution in [2.24, 2.45) is 11.8 Å². The molecule has 2 N–H and O–H groups in total. The van der Waals surface area contributed by atoms with Gasteiger partial charge in [-0.15, -0.1) is 0 Å². The fourth-order valence-electron chi connectivity index (χ4n) is 1.87. The maximum absolute atomic E-state index is 11.5. The number of carbonyl (C=O) groups is 1. The molecule has 1 saturated carbocycles. The largest absolute Gasteiger partial charge is 0.355 e. The van der Waals surface area contributed by atoms with Crippen LogP contribution in [-0.2, 0) is 4.79 Å². The van der Waals surface area contributed by atoms with Gasteiger partial charge in [0.25, 0.3) is 0 Å². The van der Waals surface area contributed by atoms with E-state index in [1.165, 1.54) is 12.8 Å². The highest BCUT2D eigenvalue weighted by atomic mass is 16.2. The van der Waals surface area contributed by atoms with Gasteiger partial charge in [0.05, 0.1) is 6.04 Å². The van der Waals surface area contributed by atoms with Crippen LogP contribution < -0.4 is 10.6 Å². The van der Waals surface area contributed by atoms with Gasteiger partial charge >= 0.3 is 0 Å². The highest BCUT2D eigenvalue weighted by Crippen LogP contribution is 2.28. The number of carbonyl (C=O) groups excluding carboxylic acids is 1. The molecule has 0 spiro atoms. The molecule has 2 rings (SSSR count). The van der Waals surface area contributed by atoms with Crippen LogP contribution in [0.2, 0.25) is 0 Å². The van der Waals surface area contributed by atoms with Crippen molar-refractivity contribution >= 4 is 5.91 Å². The summed E-state index contributed by atoms with van der Waals surface area (Å²) in [7, 11) is 0. The Morgan fingerprint density at radius 1 is 1.46 bits per heavy atom. The summed E-state index contributed by atoms with van der Waals surface area (Å²) in [5.74, 6) is 1.54. The van der Waals surface area contributed by atoms with Crippen LogP contribution in [0.3, 0.4) is 0 Å². The lowest BCUT2D eigenvalue weighted by atomic mass is 9.94. The first-order chi connectivity index (χ1) is 6.27. The zero-order valence-electron chi connectivity index (χ0n) is 8.18. The molecular formula is C10H18N2O. The van der Waals surface area contributed by atoms with Gasteiger partial charge < -0.3 is 10.6 Å². The number of hydrogen-bond acceptors (Lipinski definition) is 2. The monoisotopic (exact) mass is 182 g/mol. The minimum atomic E-state index is 0.0642. The first-order valence-corrected chi connectivity index (χ1v) is 5.28. The van der Waals surface area contributed by atoms with Crippen LogP contribution in [0.25, 0.3) is 0 Å². The Morgan fingerprint density at radius 3 is 2.85 bits per heavy atom. The fraction of sp³-hybridized carbons (Fsp3) is 0.900. The number of rotatable bonds is 3. The van der Waals surface area contributed by atoms with E-state index >= 15 is 0 Å². The Kier molecular flexibility index (Phi) is 2.54. The highest BCUT2D eigenvalue weighted by molar-refractivity contribution is 5.82.